The van der Waals surface area contributed by atoms with Gasteiger partial charge in [0.25, 0.3) is 0 Å². The second-order valence-corrected chi connectivity index (χ2v) is 4.94. The highest BCUT2D eigenvalue weighted by molar-refractivity contribution is 5.54. The van der Waals surface area contributed by atoms with Gasteiger partial charge in [-0.2, -0.15) is 0 Å². The van der Waals surface area contributed by atoms with E-state index in [1.54, 1.807) is 0 Å². The minimum atomic E-state index is 0.655. The summed E-state index contributed by atoms with van der Waals surface area (Å²) < 4.78 is 0. The lowest BCUT2D eigenvalue weighted by Crippen LogP contribution is -2.49. The molecule has 2 bridgehead atoms. The average Bonchev–Trinajstić information content (AvgIpc) is 2.28. The summed E-state index contributed by atoms with van der Waals surface area (Å²) in [7, 11) is 0. The average molecular weight is 202 g/mol. The van der Waals surface area contributed by atoms with Crippen LogP contribution in [0, 0.1) is 11.8 Å². The van der Waals surface area contributed by atoms with Crippen molar-refractivity contribution in [1.29, 1.82) is 0 Å². The van der Waals surface area contributed by atoms with Crippen LogP contribution in [0.1, 0.15) is 18.4 Å². The van der Waals surface area contributed by atoms with Crippen LogP contribution in [0.3, 0.4) is 0 Å². The number of nitrogens with two attached hydrogens (primary N) is 1. The van der Waals surface area contributed by atoms with E-state index >= 15 is 0 Å². The summed E-state index contributed by atoms with van der Waals surface area (Å²) in [6.45, 7) is 3.14. The van der Waals surface area contributed by atoms with E-state index in [2.05, 4.69) is 29.2 Å². The number of nitrogens with zero attached hydrogens (tertiary/aromatic N) is 1. The Kier molecular flexibility index (Phi) is 2.17. The zero-order valence-electron chi connectivity index (χ0n) is 9.02. The van der Waals surface area contributed by atoms with E-state index in [-0.39, 0.29) is 0 Å². The Labute approximate surface area is 91.1 Å². The van der Waals surface area contributed by atoms with Crippen molar-refractivity contribution in [3.05, 3.63) is 29.8 Å². The van der Waals surface area contributed by atoms with Gasteiger partial charge in [-0.15, -0.1) is 0 Å². The molecule has 1 saturated carbocycles. The van der Waals surface area contributed by atoms with Crippen molar-refractivity contribution in [1.82, 2.24) is 0 Å². The Morgan fingerprint density at radius 3 is 2.47 bits per heavy atom. The normalized spacial score (nSPS) is 28.7. The summed E-state index contributed by atoms with van der Waals surface area (Å²) in [5.41, 5.74) is 8.44. The maximum Gasteiger partial charge on any atom is 0.0411 e. The van der Waals surface area contributed by atoms with Gasteiger partial charge < -0.3 is 10.6 Å². The van der Waals surface area contributed by atoms with Crippen molar-refractivity contribution in [2.45, 2.75) is 19.4 Å². The Hall–Kier alpha value is -1.02. The van der Waals surface area contributed by atoms with Gasteiger partial charge in [-0.3, -0.25) is 0 Å². The first-order valence-corrected chi connectivity index (χ1v) is 5.89. The predicted molar refractivity (Wildman–Crippen MR) is 62.8 cm³/mol. The van der Waals surface area contributed by atoms with E-state index in [0.29, 0.717) is 6.54 Å². The molecule has 1 aromatic rings. The van der Waals surface area contributed by atoms with E-state index in [9.17, 15) is 0 Å². The van der Waals surface area contributed by atoms with Crippen molar-refractivity contribution in [3.8, 4) is 0 Å². The van der Waals surface area contributed by atoms with Crippen LogP contribution >= 0.6 is 0 Å². The van der Waals surface area contributed by atoms with Crippen LogP contribution in [0.2, 0.25) is 0 Å². The SMILES string of the molecule is NCc1ccccc1N1CC2CC(C2)C1. The van der Waals surface area contributed by atoms with E-state index in [0.717, 1.165) is 11.8 Å². The van der Waals surface area contributed by atoms with Gasteiger partial charge in [0, 0.05) is 25.3 Å². The van der Waals surface area contributed by atoms with Gasteiger partial charge in [0.1, 0.15) is 0 Å². The molecule has 0 aromatic heterocycles. The molecular weight excluding hydrogens is 184 g/mol. The lowest BCUT2D eigenvalue weighted by Gasteiger charge is -2.48. The summed E-state index contributed by atoms with van der Waals surface area (Å²) >= 11 is 0. The Morgan fingerprint density at radius 1 is 1.13 bits per heavy atom. The molecule has 4 rings (SSSR count). The van der Waals surface area contributed by atoms with Crippen LogP contribution in [0.15, 0.2) is 24.3 Å². The number of fused-ring (bicyclic) bond motifs is 2. The fraction of sp³-hybridized carbons (Fsp3) is 0.538. The number of hydrogen-bond donors (Lipinski definition) is 1. The largest absolute Gasteiger partial charge is 0.371 e. The van der Waals surface area contributed by atoms with Crippen molar-refractivity contribution < 1.29 is 0 Å². The van der Waals surface area contributed by atoms with Crippen LogP contribution in [0.5, 0.6) is 0 Å². The summed E-state index contributed by atoms with van der Waals surface area (Å²) in [4.78, 5) is 2.53. The topological polar surface area (TPSA) is 29.3 Å². The second-order valence-electron chi connectivity index (χ2n) is 4.94. The van der Waals surface area contributed by atoms with E-state index < -0.39 is 0 Å². The summed E-state index contributed by atoms with van der Waals surface area (Å²) in [6.07, 6.45) is 2.92. The molecule has 80 valence electrons. The maximum atomic E-state index is 5.78. The molecule has 0 atom stereocenters. The molecule has 3 fully saturated rings. The standard InChI is InChI=1S/C13H18N2/c14-7-12-3-1-2-4-13(12)15-8-10-5-11(6-10)9-15/h1-4,10-11H,5-9,14H2. The van der Waals surface area contributed by atoms with Gasteiger partial charge in [0.15, 0.2) is 0 Å². The van der Waals surface area contributed by atoms with E-state index in [1.165, 1.54) is 37.2 Å². The van der Waals surface area contributed by atoms with Crippen molar-refractivity contribution in [3.63, 3.8) is 0 Å². The molecule has 2 saturated heterocycles. The molecule has 1 aromatic carbocycles. The molecule has 2 N–H and O–H groups in total. The quantitative estimate of drug-likeness (QED) is 0.794. The second kappa shape index (κ2) is 3.53. The van der Waals surface area contributed by atoms with Crippen molar-refractivity contribution in [2.24, 2.45) is 17.6 Å². The molecule has 0 spiro atoms. The number of piperidine rings is 2. The number of para-hydroxylation sites is 1. The van der Waals surface area contributed by atoms with E-state index in [4.69, 9.17) is 5.73 Å². The fourth-order valence-electron chi connectivity index (χ4n) is 3.06. The lowest BCUT2D eigenvalue weighted by molar-refractivity contribution is 0.159. The molecule has 2 heteroatoms. The maximum absolute atomic E-state index is 5.78. The lowest BCUT2D eigenvalue weighted by atomic mass is 9.71. The van der Waals surface area contributed by atoms with Crippen LogP contribution in [0.25, 0.3) is 0 Å². The molecule has 2 nitrogen and oxygen atoms in total. The third kappa shape index (κ3) is 1.53. The monoisotopic (exact) mass is 202 g/mol. The fourth-order valence-corrected chi connectivity index (χ4v) is 3.06. The zero-order chi connectivity index (χ0) is 10.3. The number of anilines is 1. The summed E-state index contributed by atoms with van der Waals surface area (Å²) in [5, 5.41) is 0. The van der Waals surface area contributed by atoms with Crippen molar-refractivity contribution in [2.75, 3.05) is 18.0 Å². The highest BCUT2D eigenvalue weighted by Gasteiger charge is 2.37. The third-order valence-corrected chi connectivity index (χ3v) is 3.84. The molecule has 2 aliphatic heterocycles. The molecule has 2 heterocycles. The van der Waals surface area contributed by atoms with Gasteiger partial charge >= 0.3 is 0 Å². The minimum Gasteiger partial charge on any atom is -0.371 e. The van der Waals surface area contributed by atoms with Gasteiger partial charge in [-0.25, -0.2) is 0 Å². The van der Waals surface area contributed by atoms with Crippen LogP contribution < -0.4 is 10.6 Å². The Bertz CT molecular complexity index is 345. The first-order valence-electron chi connectivity index (χ1n) is 5.89. The van der Waals surface area contributed by atoms with Crippen LogP contribution in [0.4, 0.5) is 5.69 Å². The highest BCUT2D eigenvalue weighted by atomic mass is 15.2. The van der Waals surface area contributed by atoms with Gasteiger partial charge in [0.2, 0.25) is 0 Å². The van der Waals surface area contributed by atoms with E-state index in [1.807, 2.05) is 0 Å². The minimum absolute atomic E-state index is 0.655. The summed E-state index contributed by atoms with van der Waals surface area (Å²) in [6, 6.07) is 8.56. The number of hydrogen-bond acceptors (Lipinski definition) is 2. The van der Waals surface area contributed by atoms with Gasteiger partial charge in [0.05, 0.1) is 0 Å². The Morgan fingerprint density at radius 2 is 1.80 bits per heavy atom. The molecule has 0 radical (unpaired) electrons. The van der Waals surface area contributed by atoms with Gasteiger partial charge in [-0.05, 0) is 36.3 Å². The molecule has 0 amide bonds. The molecule has 1 aliphatic carbocycles. The van der Waals surface area contributed by atoms with Crippen LogP contribution in [-0.2, 0) is 6.54 Å². The first kappa shape index (κ1) is 9.22. The molecule has 15 heavy (non-hydrogen) atoms. The third-order valence-electron chi connectivity index (χ3n) is 3.84. The van der Waals surface area contributed by atoms with Gasteiger partial charge in [-0.1, -0.05) is 18.2 Å². The number of rotatable bonds is 2. The zero-order valence-corrected chi connectivity index (χ0v) is 9.02. The predicted octanol–water partition coefficient (Wildman–Crippen LogP) is 1.99. The van der Waals surface area contributed by atoms with Crippen molar-refractivity contribution >= 4 is 5.69 Å². The first-order chi connectivity index (χ1) is 7.36. The van der Waals surface area contributed by atoms with Crippen LogP contribution in [-0.4, -0.2) is 13.1 Å². The molecular formula is C13H18N2. The smallest absolute Gasteiger partial charge is 0.0411 e. The highest BCUT2D eigenvalue weighted by Crippen LogP contribution is 2.41. The Balaban J connectivity index is 1.85. The summed E-state index contributed by atoms with van der Waals surface area (Å²) in [5.74, 6) is 1.91. The molecule has 0 unspecified atom stereocenters. The molecule has 3 aliphatic rings. The number of benzene rings is 1.